The molecule has 1 heterocycles. The van der Waals surface area contributed by atoms with E-state index in [9.17, 15) is 0 Å². The van der Waals surface area contributed by atoms with Crippen molar-refractivity contribution in [3.8, 4) is 0 Å². The van der Waals surface area contributed by atoms with Gasteiger partial charge in [0.15, 0.2) is 4.67 Å². The van der Waals surface area contributed by atoms with Gasteiger partial charge < -0.3 is 14.8 Å². The Kier molecular flexibility index (Phi) is 3.62. The number of furan rings is 1. The largest absolute Gasteiger partial charge is 0.453 e. The third-order valence-corrected chi connectivity index (χ3v) is 1.64. The minimum absolute atomic E-state index is 0.155. The highest BCUT2D eigenvalue weighted by Crippen LogP contribution is 2.13. The van der Waals surface area contributed by atoms with Gasteiger partial charge in [0, 0.05) is 6.54 Å². The van der Waals surface area contributed by atoms with E-state index >= 15 is 0 Å². The molecular formula is C7H10BrNO2. The number of hydrogen-bond donors (Lipinski definition) is 2. The topological polar surface area (TPSA) is 45.4 Å². The van der Waals surface area contributed by atoms with Gasteiger partial charge in [-0.1, -0.05) is 0 Å². The summed E-state index contributed by atoms with van der Waals surface area (Å²) in [7, 11) is 0. The molecule has 4 heteroatoms. The molecule has 0 aromatic carbocycles. The second-order valence-electron chi connectivity index (χ2n) is 2.11. The van der Waals surface area contributed by atoms with E-state index in [1.54, 1.807) is 0 Å². The maximum Gasteiger partial charge on any atom is 0.169 e. The third-order valence-electron chi connectivity index (χ3n) is 1.22. The summed E-state index contributed by atoms with van der Waals surface area (Å²) in [5.41, 5.74) is 0. The highest BCUT2D eigenvalue weighted by Gasteiger charge is 1.96. The maximum atomic E-state index is 8.45. The molecule has 0 aliphatic rings. The first-order chi connectivity index (χ1) is 5.33. The first kappa shape index (κ1) is 8.77. The van der Waals surface area contributed by atoms with Crippen LogP contribution in [0.5, 0.6) is 0 Å². The lowest BCUT2D eigenvalue weighted by Crippen LogP contribution is -2.16. The average molecular weight is 220 g/mol. The second kappa shape index (κ2) is 4.54. The highest BCUT2D eigenvalue weighted by molar-refractivity contribution is 9.10. The van der Waals surface area contributed by atoms with E-state index in [4.69, 9.17) is 9.52 Å². The molecule has 0 aliphatic heterocycles. The minimum Gasteiger partial charge on any atom is -0.453 e. The molecule has 0 fully saturated rings. The number of aliphatic hydroxyl groups is 1. The summed E-state index contributed by atoms with van der Waals surface area (Å²) in [6.45, 7) is 1.41. The van der Waals surface area contributed by atoms with Gasteiger partial charge in [0.2, 0.25) is 0 Å². The van der Waals surface area contributed by atoms with Crippen LogP contribution in [-0.2, 0) is 6.54 Å². The zero-order valence-electron chi connectivity index (χ0n) is 6.01. The fraction of sp³-hybridized carbons (Fsp3) is 0.429. The van der Waals surface area contributed by atoms with Gasteiger partial charge in [-0.2, -0.15) is 0 Å². The molecule has 0 spiro atoms. The lowest BCUT2D eigenvalue weighted by atomic mass is 10.4. The smallest absolute Gasteiger partial charge is 0.169 e. The van der Waals surface area contributed by atoms with Crippen LogP contribution in [0.1, 0.15) is 5.76 Å². The SMILES string of the molecule is OCCNCc1ccc(Br)o1. The van der Waals surface area contributed by atoms with Crippen molar-refractivity contribution in [3.63, 3.8) is 0 Å². The Morgan fingerprint density at radius 3 is 2.91 bits per heavy atom. The number of hydrogen-bond acceptors (Lipinski definition) is 3. The lowest BCUT2D eigenvalue weighted by molar-refractivity contribution is 0.289. The van der Waals surface area contributed by atoms with Gasteiger partial charge in [0.05, 0.1) is 13.2 Å². The minimum atomic E-state index is 0.155. The molecule has 62 valence electrons. The van der Waals surface area contributed by atoms with Gasteiger partial charge in [-0.15, -0.1) is 0 Å². The van der Waals surface area contributed by atoms with Crippen LogP contribution in [0.25, 0.3) is 0 Å². The number of halogens is 1. The van der Waals surface area contributed by atoms with E-state index < -0.39 is 0 Å². The first-order valence-corrected chi connectivity index (χ1v) is 4.18. The molecule has 1 rings (SSSR count). The van der Waals surface area contributed by atoms with Gasteiger partial charge in [-0.3, -0.25) is 0 Å². The maximum absolute atomic E-state index is 8.45. The highest BCUT2D eigenvalue weighted by atomic mass is 79.9. The molecular weight excluding hydrogens is 210 g/mol. The van der Waals surface area contributed by atoms with E-state index in [2.05, 4.69) is 21.2 Å². The van der Waals surface area contributed by atoms with E-state index in [0.717, 1.165) is 10.4 Å². The fourth-order valence-electron chi connectivity index (χ4n) is 0.737. The van der Waals surface area contributed by atoms with Crippen molar-refractivity contribution in [2.75, 3.05) is 13.2 Å². The number of nitrogens with one attached hydrogen (secondary N) is 1. The van der Waals surface area contributed by atoms with Crippen molar-refractivity contribution in [3.05, 3.63) is 22.6 Å². The summed E-state index contributed by atoms with van der Waals surface area (Å²) in [4.78, 5) is 0. The van der Waals surface area contributed by atoms with E-state index in [0.29, 0.717) is 13.1 Å². The van der Waals surface area contributed by atoms with Crippen LogP contribution in [0, 0.1) is 0 Å². The van der Waals surface area contributed by atoms with Gasteiger partial charge in [-0.05, 0) is 28.1 Å². The molecule has 0 bridgehead atoms. The quantitative estimate of drug-likeness (QED) is 0.747. The molecule has 11 heavy (non-hydrogen) atoms. The fourth-order valence-corrected chi connectivity index (χ4v) is 1.08. The number of aliphatic hydroxyl groups excluding tert-OH is 1. The molecule has 0 radical (unpaired) electrons. The molecule has 0 saturated heterocycles. The Balaban J connectivity index is 2.27. The van der Waals surface area contributed by atoms with Crippen molar-refractivity contribution >= 4 is 15.9 Å². The molecule has 0 unspecified atom stereocenters. The standard InChI is InChI=1S/C7H10BrNO2/c8-7-2-1-6(11-7)5-9-3-4-10/h1-2,9-10H,3-5H2. The van der Waals surface area contributed by atoms with Crippen LogP contribution in [0.15, 0.2) is 21.2 Å². The van der Waals surface area contributed by atoms with Crippen molar-refractivity contribution in [2.24, 2.45) is 0 Å². The first-order valence-electron chi connectivity index (χ1n) is 3.38. The molecule has 1 aromatic heterocycles. The van der Waals surface area contributed by atoms with E-state index in [1.165, 1.54) is 0 Å². The van der Waals surface area contributed by atoms with Crippen LogP contribution in [0.2, 0.25) is 0 Å². The third kappa shape index (κ3) is 3.05. The summed E-state index contributed by atoms with van der Waals surface area (Å²) >= 11 is 3.20. The van der Waals surface area contributed by atoms with Crippen molar-refractivity contribution in [2.45, 2.75) is 6.54 Å². The normalized spacial score (nSPS) is 10.4. The summed E-state index contributed by atoms with van der Waals surface area (Å²) in [5, 5.41) is 11.4. The predicted molar refractivity (Wildman–Crippen MR) is 45.2 cm³/mol. The Hall–Kier alpha value is -0.320. The Morgan fingerprint density at radius 2 is 2.36 bits per heavy atom. The molecule has 0 atom stereocenters. The van der Waals surface area contributed by atoms with Gasteiger partial charge in [-0.25, -0.2) is 0 Å². The van der Waals surface area contributed by atoms with Crippen LogP contribution in [-0.4, -0.2) is 18.3 Å². The predicted octanol–water partition coefficient (Wildman–Crippen LogP) is 1.12. The Bertz CT molecular complexity index is 212. The average Bonchev–Trinajstić information content (AvgIpc) is 2.37. The summed E-state index contributed by atoms with van der Waals surface area (Å²) < 4.78 is 5.94. The molecule has 2 N–H and O–H groups in total. The van der Waals surface area contributed by atoms with Crippen molar-refractivity contribution < 1.29 is 9.52 Å². The molecule has 0 aliphatic carbocycles. The van der Waals surface area contributed by atoms with Gasteiger partial charge >= 0.3 is 0 Å². The van der Waals surface area contributed by atoms with E-state index in [-0.39, 0.29) is 6.61 Å². The molecule has 0 amide bonds. The monoisotopic (exact) mass is 219 g/mol. The zero-order valence-corrected chi connectivity index (χ0v) is 7.60. The summed E-state index contributed by atoms with van der Waals surface area (Å²) in [5.74, 6) is 0.866. The van der Waals surface area contributed by atoms with Crippen LogP contribution < -0.4 is 5.32 Å². The molecule has 0 saturated carbocycles. The summed E-state index contributed by atoms with van der Waals surface area (Å²) in [6, 6.07) is 3.73. The second-order valence-corrected chi connectivity index (χ2v) is 2.89. The Morgan fingerprint density at radius 1 is 1.55 bits per heavy atom. The zero-order chi connectivity index (χ0) is 8.10. The van der Waals surface area contributed by atoms with Crippen LogP contribution in [0.3, 0.4) is 0 Å². The van der Waals surface area contributed by atoms with Crippen LogP contribution in [0.4, 0.5) is 0 Å². The lowest BCUT2D eigenvalue weighted by Gasteiger charge is -1.97. The number of rotatable bonds is 4. The van der Waals surface area contributed by atoms with Crippen molar-refractivity contribution in [1.29, 1.82) is 0 Å². The van der Waals surface area contributed by atoms with Gasteiger partial charge in [0.25, 0.3) is 0 Å². The van der Waals surface area contributed by atoms with Crippen LogP contribution >= 0.6 is 15.9 Å². The molecule has 3 nitrogen and oxygen atoms in total. The van der Waals surface area contributed by atoms with Crippen molar-refractivity contribution in [1.82, 2.24) is 5.32 Å². The molecule has 1 aromatic rings. The Labute approximate surface area is 73.5 Å². The van der Waals surface area contributed by atoms with Gasteiger partial charge in [0.1, 0.15) is 5.76 Å². The van der Waals surface area contributed by atoms with E-state index in [1.807, 2.05) is 12.1 Å². The summed E-state index contributed by atoms with van der Waals surface area (Å²) in [6.07, 6.45) is 0.